The summed E-state index contributed by atoms with van der Waals surface area (Å²) in [6.07, 6.45) is 0. The average Bonchev–Trinajstić information content (AvgIpc) is 2.72. The maximum atomic E-state index is 13.3. The van der Waals surface area contributed by atoms with Gasteiger partial charge < -0.3 is 4.98 Å². The molecular formula is C23H14BNO3. The van der Waals surface area contributed by atoms with Crippen molar-refractivity contribution in [2.45, 2.75) is 0 Å². The third-order valence-corrected chi connectivity index (χ3v) is 5.32. The molecule has 0 spiro atoms. The summed E-state index contributed by atoms with van der Waals surface area (Å²) in [5.74, 6) is -0.438. The molecule has 132 valence electrons. The van der Waals surface area contributed by atoms with Crippen LogP contribution >= 0.6 is 0 Å². The normalized spacial score (nSPS) is 12.1. The zero-order valence-corrected chi connectivity index (χ0v) is 15.1. The van der Waals surface area contributed by atoms with Gasteiger partial charge in [0.15, 0.2) is 11.6 Å². The Bertz CT molecular complexity index is 1370. The van der Waals surface area contributed by atoms with E-state index in [1.54, 1.807) is 48.5 Å². The fraction of sp³-hybridized carbons (Fsp3) is 0. The van der Waals surface area contributed by atoms with Gasteiger partial charge in [-0.25, -0.2) is 0 Å². The molecule has 0 saturated heterocycles. The van der Waals surface area contributed by atoms with E-state index < -0.39 is 5.56 Å². The molecule has 0 saturated carbocycles. The first-order valence-corrected chi connectivity index (χ1v) is 9.01. The van der Waals surface area contributed by atoms with Crippen molar-refractivity contribution in [3.05, 3.63) is 99.3 Å². The quantitative estimate of drug-likeness (QED) is 0.386. The molecule has 5 heteroatoms. The molecule has 0 unspecified atom stereocenters. The van der Waals surface area contributed by atoms with E-state index in [4.69, 9.17) is 0 Å². The predicted octanol–water partition coefficient (Wildman–Crippen LogP) is 2.23. The Morgan fingerprint density at radius 2 is 1.46 bits per heavy atom. The number of carbonyl (C=O) groups is 2. The van der Waals surface area contributed by atoms with Gasteiger partial charge in [0.25, 0.3) is 5.56 Å². The first kappa shape index (κ1) is 16.4. The van der Waals surface area contributed by atoms with Crippen LogP contribution in [-0.2, 0) is 0 Å². The molecule has 0 atom stereocenters. The van der Waals surface area contributed by atoms with E-state index in [2.05, 4.69) is 4.98 Å². The van der Waals surface area contributed by atoms with E-state index in [0.29, 0.717) is 38.7 Å². The second kappa shape index (κ2) is 5.89. The number of hydrogen-bond donors (Lipinski definition) is 1. The molecule has 0 amide bonds. The lowest BCUT2D eigenvalue weighted by Crippen LogP contribution is -2.27. The Morgan fingerprint density at radius 3 is 2.21 bits per heavy atom. The van der Waals surface area contributed by atoms with Crippen molar-refractivity contribution in [2.75, 3.05) is 0 Å². The SMILES string of the molecule is Bc1ccc2[nH]c(=O)c(C(=O)c3ccccc3)c3c2c1C(=O)c1ccccc1-3. The lowest BCUT2D eigenvalue weighted by Gasteiger charge is -2.23. The minimum absolute atomic E-state index is 0.0745. The van der Waals surface area contributed by atoms with Gasteiger partial charge >= 0.3 is 0 Å². The third kappa shape index (κ3) is 2.16. The van der Waals surface area contributed by atoms with Crippen LogP contribution < -0.4 is 11.0 Å². The zero-order chi connectivity index (χ0) is 19.4. The fourth-order valence-electron chi connectivity index (χ4n) is 4.04. The van der Waals surface area contributed by atoms with E-state index in [9.17, 15) is 14.4 Å². The molecule has 4 nitrogen and oxygen atoms in total. The number of aromatic nitrogens is 1. The minimum atomic E-state index is -0.449. The molecule has 4 aromatic rings. The van der Waals surface area contributed by atoms with Crippen LogP contribution in [0.5, 0.6) is 0 Å². The van der Waals surface area contributed by atoms with Gasteiger partial charge in [0, 0.05) is 33.2 Å². The first-order valence-electron chi connectivity index (χ1n) is 9.01. The highest BCUT2D eigenvalue weighted by molar-refractivity contribution is 6.42. The number of carbonyl (C=O) groups excluding carboxylic acids is 2. The molecular weight excluding hydrogens is 349 g/mol. The van der Waals surface area contributed by atoms with Gasteiger partial charge in [0.05, 0.1) is 5.56 Å². The molecule has 1 heterocycles. The van der Waals surface area contributed by atoms with Gasteiger partial charge in [0.2, 0.25) is 0 Å². The highest BCUT2D eigenvalue weighted by Gasteiger charge is 2.31. The molecule has 0 fully saturated rings. The number of pyridine rings is 1. The van der Waals surface area contributed by atoms with Crippen molar-refractivity contribution in [3.63, 3.8) is 0 Å². The van der Waals surface area contributed by atoms with Gasteiger partial charge in [-0.1, -0.05) is 66.1 Å². The summed E-state index contributed by atoms with van der Waals surface area (Å²) in [4.78, 5) is 42.3. The molecule has 1 aromatic heterocycles. The van der Waals surface area contributed by atoms with Gasteiger partial charge in [-0.3, -0.25) is 14.4 Å². The lowest BCUT2D eigenvalue weighted by molar-refractivity contribution is 0.102. The van der Waals surface area contributed by atoms with E-state index in [0.717, 1.165) is 5.46 Å². The summed E-state index contributed by atoms with van der Waals surface area (Å²) in [5.41, 5.74) is 3.67. The largest absolute Gasteiger partial charge is 0.321 e. The van der Waals surface area contributed by atoms with E-state index >= 15 is 0 Å². The van der Waals surface area contributed by atoms with E-state index in [1.807, 2.05) is 26.0 Å². The highest BCUT2D eigenvalue weighted by atomic mass is 16.1. The smallest absolute Gasteiger partial charge is 0.260 e. The summed E-state index contributed by atoms with van der Waals surface area (Å²) in [7, 11) is 1.87. The number of H-pyrrole nitrogens is 1. The Morgan fingerprint density at radius 1 is 0.786 bits per heavy atom. The standard InChI is InChI=1S/C23H14BNO3/c24-15-10-11-16-19-17(13-8-4-5-9-14(13)22(27)18(15)19)20(23(28)25-16)21(26)12-6-2-1-3-7-12/h1-11H,24H2,(H,25,28). The minimum Gasteiger partial charge on any atom is -0.321 e. The molecule has 3 aromatic carbocycles. The van der Waals surface area contributed by atoms with Crippen LogP contribution in [0.15, 0.2) is 71.5 Å². The first-order chi connectivity index (χ1) is 13.6. The Labute approximate surface area is 161 Å². The van der Waals surface area contributed by atoms with Crippen LogP contribution in [0.4, 0.5) is 0 Å². The lowest BCUT2D eigenvalue weighted by atomic mass is 9.76. The van der Waals surface area contributed by atoms with E-state index in [1.165, 1.54) is 0 Å². The van der Waals surface area contributed by atoms with Crippen LogP contribution in [-0.4, -0.2) is 24.4 Å². The second-order valence-corrected chi connectivity index (χ2v) is 6.95. The van der Waals surface area contributed by atoms with Crippen LogP contribution in [0.25, 0.3) is 22.0 Å². The van der Waals surface area contributed by atoms with Gasteiger partial charge in [-0.05, 0) is 11.6 Å². The number of aromatic amines is 1. The van der Waals surface area contributed by atoms with Gasteiger partial charge in [0.1, 0.15) is 7.85 Å². The van der Waals surface area contributed by atoms with Gasteiger partial charge in [-0.15, -0.1) is 0 Å². The summed E-state index contributed by atoms with van der Waals surface area (Å²) >= 11 is 0. The number of benzene rings is 3. The molecule has 1 aliphatic carbocycles. The molecule has 1 N–H and O–H groups in total. The number of hydrogen-bond acceptors (Lipinski definition) is 3. The third-order valence-electron chi connectivity index (χ3n) is 5.32. The molecule has 0 bridgehead atoms. The Balaban J connectivity index is 1.99. The number of ketones is 2. The molecule has 28 heavy (non-hydrogen) atoms. The van der Waals surface area contributed by atoms with Crippen molar-refractivity contribution >= 4 is 35.8 Å². The molecule has 5 rings (SSSR count). The van der Waals surface area contributed by atoms with Gasteiger partial charge in [-0.2, -0.15) is 0 Å². The summed E-state index contributed by atoms with van der Waals surface area (Å²) in [5, 5.41) is 0.641. The van der Waals surface area contributed by atoms with Crippen molar-refractivity contribution in [1.29, 1.82) is 0 Å². The molecule has 1 aliphatic rings. The monoisotopic (exact) mass is 363 g/mol. The number of fused-ring (bicyclic) bond motifs is 2. The topological polar surface area (TPSA) is 67.0 Å². The Hall–Kier alpha value is -3.73. The molecule has 0 radical (unpaired) electrons. The maximum Gasteiger partial charge on any atom is 0.260 e. The van der Waals surface area contributed by atoms with Crippen molar-refractivity contribution in [3.8, 4) is 11.1 Å². The average molecular weight is 363 g/mol. The summed E-state index contributed by atoms with van der Waals surface area (Å²) in [6.45, 7) is 0. The van der Waals surface area contributed by atoms with Crippen LogP contribution in [0.1, 0.15) is 31.8 Å². The second-order valence-electron chi connectivity index (χ2n) is 6.95. The maximum absolute atomic E-state index is 13.3. The number of nitrogens with one attached hydrogen (secondary N) is 1. The van der Waals surface area contributed by atoms with Crippen LogP contribution in [0, 0.1) is 0 Å². The summed E-state index contributed by atoms with van der Waals surface area (Å²) in [6, 6.07) is 19.5. The molecule has 0 aliphatic heterocycles. The predicted molar refractivity (Wildman–Crippen MR) is 111 cm³/mol. The fourth-order valence-corrected chi connectivity index (χ4v) is 4.04. The zero-order valence-electron chi connectivity index (χ0n) is 15.1. The van der Waals surface area contributed by atoms with Crippen molar-refractivity contribution in [1.82, 2.24) is 4.98 Å². The Kier molecular flexibility index (Phi) is 3.46. The highest BCUT2D eigenvalue weighted by Crippen LogP contribution is 2.39. The van der Waals surface area contributed by atoms with Crippen LogP contribution in [0.2, 0.25) is 0 Å². The van der Waals surface area contributed by atoms with Crippen LogP contribution in [0.3, 0.4) is 0 Å². The number of rotatable bonds is 2. The van der Waals surface area contributed by atoms with Crippen molar-refractivity contribution in [2.24, 2.45) is 0 Å². The summed E-state index contributed by atoms with van der Waals surface area (Å²) < 4.78 is 0. The van der Waals surface area contributed by atoms with E-state index in [-0.39, 0.29) is 17.1 Å². The van der Waals surface area contributed by atoms with Crippen molar-refractivity contribution < 1.29 is 9.59 Å².